The number of rotatable bonds is 7. The van der Waals surface area contributed by atoms with Crippen molar-refractivity contribution in [1.82, 2.24) is 5.32 Å². The summed E-state index contributed by atoms with van der Waals surface area (Å²) < 4.78 is 25.0. The first kappa shape index (κ1) is 14.0. The van der Waals surface area contributed by atoms with Crippen LogP contribution in [-0.2, 0) is 9.47 Å². The minimum absolute atomic E-state index is 0.101. The fraction of sp³-hybridized carbons (Fsp3) is 0.625. The highest BCUT2D eigenvalue weighted by Crippen LogP contribution is 2.24. The van der Waals surface area contributed by atoms with Gasteiger partial charge in [-0.25, -0.2) is 4.39 Å². The third-order valence-electron chi connectivity index (χ3n) is 3.90. The predicted molar refractivity (Wildman–Crippen MR) is 75.1 cm³/mol. The second-order valence-electron chi connectivity index (χ2n) is 5.69. The van der Waals surface area contributed by atoms with Gasteiger partial charge in [-0.3, -0.25) is 0 Å². The fourth-order valence-electron chi connectivity index (χ4n) is 2.54. The molecule has 3 nitrogen and oxygen atoms in total. The minimum atomic E-state index is -0.209. The summed E-state index contributed by atoms with van der Waals surface area (Å²) >= 11 is 0. The first-order valence-corrected chi connectivity index (χ1v) is 7.53. The van der Waals surface area contributed by atoms with E-state index >= 15 is 0 Å². The molecule has 4 heteroatoms. The third kappa shape index (κ3) is 4.01. The number of hydrogen-bond donors (Lipinski definition) is 1. The van der Waals surface area contributed by atoms with Crippen LogP contribution in [0.4, 0.5) is 4.39 Å². The highest BCUT2D eigenvalue weighted by atomic mass is 19.1. The van der Waals surface area contributed by atoms with Crippen molar-refractivity contribution in [3.8, 4) is 0 Å². The Bertz CT molecular complexity index is 430. The largest absolute Gasteiger partial charge is 0.376 e. The molecule has 2 aliphatic rings. The second kappa shape index (κ2) is 6.66. The van der Waals surface area contributed by atoms with Crippen molar-refractivity contribution in [2.45, 2.75) is 43.9 Å². The summed E-state index contributed by atoms with van der Waals surface area (Å²) in [6.07, 6.45) is 4.75. The van der Waals surface area contributed by atoms with E-state index in [0.717, 1.165) is 31.6 Å². The molecule has 2 unspecified atom stereocenters. The molecular weight excluding hydrogens is 257 g/mol. The van der Waals surface area contributed by atoms with Crippen molar-refractivity contribution in [3.63, 3.8) is 0 Å². The Morgan fingerprint density at radius 1 is 1.35 bits per heavy atom. The van der Waals surface area contributed by atoms with E-state index in [1.807, 2.05) is 6.07 Å². The Kier molecular flexibility index (Phi) is 4.65. The lowest BCUT2D eigenvalue weighted by Crippen LogP contribution is -2.27. The van der Waals surface area contributed by atoms with E-state index in [4.69, 9.17) is 9.47 Å². The van der Waals surface area contributed by atoms with E-state index in [0.29, 0.717) is 12.6 Å². The van der Waals surface area contributed by atoms with Crippen LogP contribution in [0.15, 0.2) is 24.3 Å². The maximum absolute atomic E-state index is 13.4. The Labute approximate surface area is 119 Å². The highest BCUT2D eigenvalue weighted by Gasteiger charge is 2.24. The molecule has 0 radical (unpaired) electrons. The van der Waals surface area contributed by atoms with Crippen LogP contribution in [0.2, 0.25) is 0 Å². The van der Waals surface area contributed by atoms with E-state index in [9.17, 15) is 4.39 Å². The molecule has 1 saturated carbocycles. The van der Waals surface area contributed by atoms with Gasteiger partial charge in [-0.1, -0.05) is 12.1 Å². The predicted octanol–water partition coefficient (Wildman–Crippen LogP) is 2.81. The first-order chi connectivity index (χ1) is 9.81. The summed E-state index contributed by atoms with van der Waals surface area (Å²) in [5.74, 6) is -0.209. The molecule has 1 saturated heterocycles. The summed E-state index contributed by atoms with van der Waals surface area (Å²) in [5, 5.41) is 3.46. The average molecular weight is 279 g/mol. The van der Waals surface area contributed by atoms with E-state index in [-0.39, 0.29) is 18.0 Å². The van der Waals surface area contributed by atoms with Crippen LogP contribution in [0.5, 0.6) is 0 Å². The van der Waals surface area contributed by atoms with Crippen molar-refractivity contribution in [3.05, 3.63) is 35.6 Å². The second-order valence-corrected chi connectivity index (χ2v) is 5.69. The van der Waals surface area contributed by atoms with Crippen LogP contribution in [0.3, 0.4) is 0 Å². The van der Waals surface area contributed by atoms with Gasteiger partial charge in [0.25, 0.3) is 0 Å². The number of benzene rings is 1. The Hall–Kier alpha value is -0.970. The molecular formula is C16H22FNO2. The molecule has 2 atom stereocenters. The molecule has 110 valence electrons. The van der Waals surface area contributed by atoms with Crippen molar-refractivity contribution in [1.29, 1.82) is 0 Å². The van der Waals surface area contributed by atoms with E-state index in [1.165, 1.54) is 18.9 Å². The van der Waals surface area contributed by atoms with Gasteiger partial charge < -0.3 is 14.8 Å². The van der Waals surface area contributed by atoms with Gasteiger partial charge in [0.05, 0.1) is 18.8 Å². The maximum Gasteiger partial charge on any atom is 0.123 e. The molecule has 2 fully saturated rings. The van der Waals surface area contributed by atoms with Crippen LogP contribution in [0.25, 0.3) is 0 Å². The van der Waals surface area contributed by atoms with E-state index in [2.05, 4.69) is 5.32 Å². The fourth-order valence-corrected chi connectivity index (χ4v) is 2.54. The van der Waals surface area contributed by atoms with Crippen molar-refractivity contribution < 1.29 is 13.9 Å². The lowest BCUT2D eigenvalue weighted by Gasteiger charge is -2.21. The zero-order valence-corrected chi connectivity index (χ0v) is 11.7. The molecule has 1 aliphatic carbocycles. The topological polar surface area (TPSA) is 30.5 Å². The molecule has 1 aromatic carbocycles. The van der Waals surface area contributed by atoms with Gasteiger partial charge >= 0.3 is 0 Å². The van der Waals surface area contributed by atoms with Crippen molar-refractivity contribution >= 4 is 0 Å². The molecule has 1 aliphatic heterocycles. The minimum Gasteiger partial charge on any atom is -0.376 e. The maximum atomic E-state index is 13.4. The monoisotopic (exact) mass is 279 g/mol. The molecule has 20 heavy (non-hydrogen) atoms. The van der Waals surface area contributed by atoms with Crippen molar-refractivity contribution in [2.75, 3.05) is 19.8 Å². The number of hydrogen-bond acceptors (Lipinski definition) is 3. The number of halogens is 1. The summed E-state index contributed by atoms with van der Waals surface area (Å²) in [6, 6.07) is 7.32. The Morgan fingerprint density at radius 2 is 2.25 bits per heavy atom. The smallest absolute Gasteiger partial charge is 0.123 e. The Balaban J connectivity index is 1.59. The van der Waals surface area contributed by atoms with Crippen LogP contribution in [0.1, 0.15) is 37.4 Å². The zero-order valence-electron chi connectivity index (χ0n) is 11.7. The van der Waals surface area contributed by atoms with E-state index in [1.54, 1.807) is 12.1 Å². The molecule has 1 N–H and O–H groups in total. The van der Waals surface area contributed by atoms with Crippen molar-refractivity contribution in [2.24, 2.45) is 0 Å². The van der Waals surface area contributed by atoms with Gasteiger partial charge in [-0.05, 0) is 43.4 Å². The highest BCUT2D eigenvalue weighted by molar-refractivity contribution is 5.19. The molecule has 0 bridgehead atoms. The van der Waals surface area contributed by atoms with Crippen LogP contribution < -0.4 is 5.32 Å². The number of nitrogens with one attached hydrogen (secondary N) is 1. The third-order valence-corrected chi connectivity index (χ3v) is 3.90. The summed E-state index contributed by atoms with van der Waals surface area (Å²) in [4.78, 5) is 0. The van der Waals surface area contributed by atoms with Gasteiger partial charge in [0.1, 0.15) is 5.82 Å². The lowest BCUT2D eigenvalue weighted by atomic mass is 10.1. The van der Waals surface area contributed by atoms with Crippen LogP contribution in [0, 0.1) is 5.82 Å². The standard InChI is InChI=1S/C16H22FNO2/c17-13-4-1-3-12(9-13)16(10-18-14-6-7-14)20-11-15-5-2-8-19-15/h1,3-4,9,14-16,18H,2,5-8,10-11H2. The van der Waals surface area contributed by atoms with Crippen LogP contribution in [-0.4, -0.2) is 31.9 Å². The normalized spacial score (nSPS) is 23.9. The average Bonchev–Trinajstić information content (AvgIpc) is 3.13. The first-order valence-electron chi connectivity index (χ1n) is 7.53. The SMILES string of the molecule is Fc1cccc(C(CNC2CC2)OCC2CCCO2)c1. The molecule has 0 spiro atoms. The van der Waals surface area contributed by atoms with Gasteiger partial charge in [0.15, 0.2) is 0 Å². The molecule has 0 aromatic heterocycles. The summed E-state index contributed by atoms with van der Waals surface area (Å²) in [7, 11) is 0. The van der Waals surface area contributed by atoms with Crippen LogP contribution >= 0.6 is 0 Å². The summed E-state index contributed by atoms with van der Waals surface area (Å²) in [5.41, 5.74) is 0.899. The van der Waals surface area contributed by atoms with E-state index < -0.39 is 0 Å². The molecule has 1 heterocycles. The quantitative estimate of drug-likeness (QED) is 0.832. The Morgan fingerprint density at radius 3 is 2.95 bits per heavy atom. The van der Waals surface area contributed by atoms with Gasteiger partial charge in [0.2, 0.25) is 0 Å². The lowest BCUT2D eigenvalue weighted by molar-refractivity contribution is -0.0211. The molecule has 0 amide bonds. The van der Waals surface area contributed by atoms with Gasteiger partial charge in [-0.2, -0.15) is 0 Å². The molecule has 1 aromatic rings. The van der Waals surface area contributed by atoms with Gasteiger partial charge in [-0.15, -0.1) is 0 Å². The molecule has 3 rings (SSSR count). The number of ether oxygens (including phenoxy) is 2. The summed E-state index contributed by atoms with van der Waals surface area (Å²) in [6.45, 7) is 2.16. The zero-order chi connectivity index (χ0) is 13.8. The van der Waals surface area contributed by atoms with Gasteiger partial charge in [0, 0.05) is 19.2 Å².